The average molecular weight is 1050 g/mol. The number of fused-ring (bicyclic) bond motifs is 2. The van der Waals surface area contributed by atoms with Crippen LogP contribution in [0, 0.1) is 5.41 Å². The average Bonchev–Trinajstić information content (AvgIpc) is 4.18. The molecule has 0 amide bonds. The lowest BCUT2D eigenvalue weighted by molar-refractivity contribution is 0.278. The first-order chi connectivity index (χ1) is 36.5. The maximum Gasteiger partial charge on any atom is 0.331 e. The quantitative estimate of drug-likeness (QED) is 0.0699. The Kier molecular flexibility index (Phi) is 15.6. The smallest absolute Gasteiger partial charge is 0.331 e. The maximum absolute atomic E-state index is 14.1. The number of hydrogen-bond acceptors (Lipinski definition) is 16. The summed E-state index contributed by atoms with van der Waals surface area (Å²) in [5.74, 6) is 1.05. The predicted octanol–water partition coefficient (Wildman–Crippen LogP) is 6.35. The highest BCUT2D eigenvalue weighted by Crippen LogP contribution is 2.49. The molecule has 22 nitrogen and oxygen atoms in total. The summed E-state index contributed by atoms with van der Waals surface area (Å²) in [6.45, 7) is 5.08. The van der Waals surface area contributed by atoms with Gasteiger partial charge in [-0.1, -0.05) is 29.4 Å². The highest BCUT2D eigenvalue weighted by atomic mass is 19.1. The van der Waals surface area contributed by atoms with Gasteiger partial charge in [0.1, 0.15) is 39.7 Å². The van der Waals surface area contributed by atoms with Gasteiger partial charge in [0.2, 0.25) is 0 Å². The number of rotatable bonds is 22. The molecule has 2 aliphatic carbocycles. The van der Waals surface area contributed by atoms with Gasteiger partial charge in [0.15, 0.2) is 35.0 Å². The summed E-state index contributed by atoms with van der Waals surface area (Å²) in [5, 5.41) is 7.92. The van der Waals surface area contributed by atoms with Crippen LogP contribution >= 0.6 is 0 Å². The third kappa shape index (κ3) is 12.1. The molecule has 2 unspecified atom stereocenters. The van der Waals surface area contributed by atoms with Gasteiger partial charge >= 0.3 is 11.4 Å². The molecule has 2 fully saturated rings. The van der Waals surface area contributed by atoms with Crippen LogP contribution in [0.15, 0.2) is 86.6 Å². The second kappa shape index (κ2) is 22.5. The van der Waals surface area contributed by atoms with Crippen LogP contribution < -0.4 is 33.6 Å². The van der Waals surface area contributed by atoms with E-state index in [-0.39, 0.29) is 71.7 Å². The van der Waals surface area contributed by atoms with E-state index in [2.05, 4.69) is 57.1 Å². The molecule has 8 heterocycles. The highest BCUT2D eigenvalue weighted by Gasteiger charge is 2.42. The fourth-order valence-electron chi connectivity index (χ4n) is 8.94. The van der Waals surface area contributed by atoms with Crippen molar-refractivity contribution in [2.45, 2.75) is 155 Å². The van der Waals surface area contributed by atoms with Crippen molar-refractivity contribution in [1.82, 2.24) is 68.5 Å². The molecule has 0 saturated heterocycles. The third-order valence-corrected chi connectivity index (χ3v) is 13.8. The molecule has 25 heteroatoms. The number of H-pyrrole nitrogens is 2. The Labute approximate surface area is 429 Å². The summed E-state index contributed by atoms with van der Waals surface area (Å²) in [4.78, 5) is 109. The first-order valence-electron chi connectivity index (χ1n) is 25.5. The monoisotopic (exact) mass is 1050 g/mol. The lowest BCUT2D eigenvalue weighted by atomic mass is 10.0. The topological polar surface area (TPSA) is 283 Å². The first-order valence-corrected chi connectivity index (χ1v) is 25.5. The summed E-state index contributed by atoms with van der Waals surface area (Å²) in [6.07, 6.45) is 8.38. The van der Waals surface area contributed by atoms with Crippen molar-refractivity contribution >= 4 is 22.1 Å². The molecule has 8 aromatic rings. The molecule has 76 heavy (non-hydrogen) atoms. The van der Waals surface area contributed by atoms with Gasteiger partial charge in [0, 0.05) is 51.4 Å². The SMILES string of the molecule is CC(F)c1nc2c(=O)n(CCCCc3noc(-c4ccccn4)n3)c(=O)n(CCCC3(C)CC3)c2c(=O)[nH]1.CC(F)c1nc2c(=O)n(CCCCc3noc(-c4ccccn4)n3)c(=O)n(CCCC3(F)CC3)c2c(=O)[nH]1. The third-order valence-electron chi connectivity index (χ3n) is 13.8. The fourth-order valence-corrected chi connectivity index (χ4v) is 8.94. The van der Waals surface area contributed by atoms with Crippen molar-refractivity contribution in [3.8, 4) is 23.2 Å². The Morgan fingerprint density at radius 2 is 1.01 bits per heavy atom. The summed E-state index contributed by atoms with van der Waals surface area (Å²) >= 11 is 0. The zero-order valence-electron chi connectivity index (χ0n) is 42.3. The van der Waals surface area contributed by atoms with Gasteiger partial charge in [-0.05, 0) is 121 Å². The Morgan fingerprint density at radius 1 is 0.579 bits per heavy atom. The van der Waals surface area contributed by atoms with Crippen LogP contribution in [0.3, 0.4) is 0 Å². The Morgan fingerprint density at radius 3 is 1.41 bits per heavy atom. The van der Waals surface area contributed by atoms with Crippen molar-refractivity contribution < 1.29 is 22.2 Å². The number of aromatic amines is 2. The van der Waals surface area contributed by atoms with Gasteiger partial charge in [-0.15, -0.1) is 0 Å². The molecule has 400 valence electrons. The number of nitrogens with one attached hydrogen (secondary N) is 2. The van der Waals surface area contributed by atoms with Crippen LogP contribution in [0.25, 0.3) is 45.2 Å². The molecule has 8 aromatic heterocycles. The van der Waals surface area contributed by atoms with E-state index in [1.54, 1.807) is 36.7 Å². The molecule has 10 rings (SSSR count). The standard InChI is InChI=1S/C26H30FN7O4.C25H27F2N7O4/c1-16(27)21-30-19-20(22(35)31-21)33(15-7-10-26(2)11-12-26)25(37)34(24(19)36)14-6-4-9-18-29-23(38-32-18)17-8-3-5-13-28-17;1-15(26)20-30-18-19(21(35)31-20)33(14-6-9-25(27)10-11-25)24(37)34(23(18)36)13-5-3-8-17-29-22(38-32-17)16-7-2-4-12-28-16/h3,5,8,13,16H,4,6-7,9-12,14-15H2,1-2H3,(H,30,31,35);2,4,7,12,15H,3,5-6,8-11,13-14H2,1H3,(H,30,31,35). The number of aromatic nitrogens is 14. The number of unbranched alkanes of at least 4 members (excludes halogenated alkanes) is 2. The second-order valence-electron chi connectivity index (χ2n) is 19.9. The lowest BCUT2D eigenvalue weighted by Gasteiger charge is -2.15. The minimum absolute atomic E-state index is 0.0374. The Hall–Kier alpha value is -7.99. The van der Waals surface area contributed by atoms with E-state index in [1.165, 1.54) is 18.4 Å². The zero-order chi connectivity index (χ0) is 53.7. The molecule has 2 atom stereocenters. The van der Waals surface area contributed by atoms with E-state index in [0.717, 1.165) is 33.0 Å². The van der Waals surface area contributed by atoms with Crippen LogP contribution in [-0.4, -0.2) is 74.1 Å². The number of aryl methyl sites for hydroxylation is 4. The van der Waals surface area contributed by atoms with E-state index in [4.69, 9.17) is 9.05 Å². The number of pyridine rings is 2. The first kappa shape index (κ1) is 52.9. The predicted molar refractivity (Wildman–Crippen MR) is 271 cm³/mol. The van der Waals surface area contributed by atoms with Gasteiger partial charge < -0.3 is 19.0 Å². The fraction of sp³-hybridized carbons (Fsp3) is 0.490. The van der Waals surface area contributed by atoms with Crippen molar-refractivity contribution in [2.24, 2.45) is 5.41 Å². The minimum Gasteiger partial charge on any atom is -0.332 e. The zero-order valence-corrected chi connectivity index (χ0v) is 42.3. The van der Waals surface area contributed by atoms with Gasteiger partial charge in [0.25, 0.3) is 34.0 Å². The molecule has 0 bridgehead atoms. The lowest BCUT2D eigenvalue weighted by Crippen LogP contribution is -2.42. The van der Waals surface area contributed by atoms with Gasteiger partial charge in [-0.25, -0.2) is 32.7 Å². The van der Waals surface area contributed by atoms with Crippen LogP contribution in [-0.2, 0) is 39.0 Å². The second-order valence-corrected chi connectivity index (χ2v) is 19.9. The molecule has 2 saturated carbocycles. The molecular weight excluding hydrogens is 994 g/mol. The van der Waals surface area contributed by atoms with Crippen molar-refractivity contribution in [3.63, 3.8) is 0 Å². The minimum atomic E-state index is -1.62. The number of nitrogens with zero attached hydrogens (tertiary/aromatic N) is 12. The maximum atomic E-state index is 14.1. The molecule has 2 aliphatic rings. The van der Waals surface area contributed by atoms with Gasteiger partial charge in [0.05, 0.1) is 0 Å². The summed E-state index contributed by atoms with van der Waals surface area (Å²) in [5.41, 5.74) is -4.78. The van der Waals surface area contributed by atoms with Crippen molar-refractivity contribution in [3.05, 3.63) is 134 Å². The molecule has 0 spiro atoms. The normalized spacial score (nSPS) is 15.1. The van der Waals surface area contributed by atoms with Crippen molar-refractivity contribution in [2.75, 3.05) is 0 Å². The number of halogens is 3. The van der Waals surface area contributed by atoms with Gasteiger partial charge in [-0.3, -0.25) is 47.4 Å². The largest absolute Gasteiger partial charge is 0.332 e. The Bertz CT molecular complexity index is 3480. The molecule has 2 N–H and O–H groups in total. The molecule has 0 aliphatic heterocycles. The summed E-state index contributed by atoms with van der Waals surface area (Å²) in [6, 6.07) is 10.7. The number of alkyl halides is 3. The van der Waals surface area contributed by atoms with E-state index in [0.29, 0.717) is 99.0 Å². The van der Waals surface area contributed by atoms with Crippen LogP contribution in [0.4, 0.5) is 13.2 Å². The van der Waals surface area contributed by atoms with E-state index in [9.17, 15) is 41.9 Å². The van der Waals surface area contributed by atoms with Crippen LogP contribution in [0.5, 0.6) is 0 Å². The van der Waals surface area contributed by atoms with Crippen LogP contribution in [0.1, 0.15) is 133 Å². The molecule has 0 radical (unpaired) electrons. The van der Waals surface area contributed by atoms with Crippen LogP contribution in [0.2, 0.25) is 0 Å². The molecular formula is C51H57F3N14O8. The summed E-state index contributed by atoms with van der Waals surface area (Å²) < 4.78 is 57.1. The Balaban J connectivity index is 0.000000186. The highest BCUT2D eigenvalue weighted by molar-refractivity contribution is 5.73. The van der Waals surface area contributed by atoms with E-state index < -0.39 is 51.6 Å². The summed E-state index contributed by atoms with van der Waals surface area (Å²) in [7, 11) is 0. The van der Waals surface area contributed by atoms with Gasteiger partial charge in [-0.2, -0.15) is 9.97 Å². The van der Waals surface area contributed by atoms with E-state index in [1.807, 2.05) is 12.1 Å². The number of hydrogen-bond donors (Lipinski definition) is 2. The van der Waals surface area contributed by atoms with Crippen molar-refractivity contribution in [1.29, 1.82) is 0 Å². The van der Waals surface area contributed by atoms with E-state index >= 15 is 0 Å². The molecule has 0 aromatic carbocycles.